The number of hydrogen-bond acceptors (Lipinski definition) is 4. The zero-order valence-corrected chi connectivity index (χ0v) is 13.8. The summed E-state index contributed by atoms with van der Waals surface area (Å²) in [6.07, 6.45) is 6.55. The molecule has 1 aromatic rings. The van der Waals surface area contributed by atoms with Gasteiger partial charge in [-0.05, 0) is 30.9 Å². The third-order valence-corrected chi connectivity index (χ3v) is 5.52. The van der Waals surface area contributed by atoms with Gasteiger partial charge in [-0.15, -0.1) is 0 Å². The van der Waals surface area contributed by atoms with Crippen molar-refractivity contribution in [2.24, 2.45) is 5.92 Å². The topological polar surface area (TPSA) is 62.7 Å². The first-order valence-electron chi connectivity index (χ1n) is 8.80. The molecule has 3 saturated heterocycles. The summed E-state index contributed by atoms with van der Waals surface area (Å²) in [5.41, 5.74) is 1.04. The van der Waals surface area contributed by atoms with Crippen molar-refractivity contribution in [3.63, 3.8) is 0 Å². The summed E-state index contributed by atoms with van der Waals surface area (Å²) >= 11 is 0. The number of nitrogens with zero attached hydrogens (tertiary/aromatic N) is 3. The first-order valence-corrected chi connectivity index (χ1v) is 8.80. The average Bonchev–Trinajstić information content (AvgIpc) is 3.27. The van der Waals surface area contributed by atoms with Crippen LogP contribution in [0.15, 0.2) is 24.5 Å². The van der Waals surface area contributed by atoms with E-state index in [1.807, 2.05) is 28.1 Å². The Morgan fingerprint density at radius 1 is 1.29 bits per heavy atom. The molecule has 0 saturated carbocycles. The van der Waals surface area contributed by atoms with Crippen LogP contribution in [0.4, 0.5) is 0 Å². The maximum Gasteiger partial charge on any atom is 0.228 e. The van der Waals surface area contributed by atoms with Gasteiger partial charge >= 0.3 is 0 Å². The molecule has 0 aromatic carbocycles. The lowest BCUT2D eigenvalue weighted by Crippen LogP contribution is -2.53. The standard InChI is InChI=1S/C18H23N3O3/c22-17-4-3-15-16(21(17)11-13-2-1-7-19-10-13)5-8-20(15)18(23)14-6-9-24-12-14/h1-2,7,10,14-16H,3-6,8-9,11-12H2/t14?,15-,16-/m1/s1. The Morgan fingerprint density at radius 2 is 2.21 bits per heavy atom. The van der Waals surface area contributed by atoms with Gasteiger partial charge < -0.3 is 14.5 Å². The van der Waals surface area contributed by atoms with Crippen LogP contribution in [-0.4, -0.2) is 58.4 Å². The number of pyridine rings is 1. The van der Waals surface area contributed by atoms with E-state index in [9.17, 15) is 9.59 Å². The second-order valence-electron chi connectivity index (χ2n) is 6.94. The van der Waals surface area contributed by atoms with E-state index in [1.54, 1.807) is 6.20 Å². The van der Waals surface area contributed by atoms with Gasteiger partial charge in [-0.25, -0.2) is 0 Å². The molecule has 3 aliphatic rings. The molecule has 24 heavy (non-hydrogen) atoms. The van der Waals surface area contributed by atoms with Crippen molar-refractivity contribution in [3.05, 3.63) is 30.1 Å². The van der Waals surface area contributed by atoms with Gasteiger partial charge in [0.15, 0.2) is 0 Å². The second kappa shape index (κ2) is 6.51. The summed E-state index contributed by atoms with van der Waals surface area (Å²) in [7, 11) is 0. The van der Waals surface area contributed by atoms with Crippen molar-refractivity contribution >= 4 is 11.8 Å². The van der Waals surface area contributed by atoms with Crippen LogP contribution in [0.5, 0.6) is 0 Å². The molecule has 4 heterocycles. The number of aromatic nitrogens is 1. The first-order chi connectivity index (χ1) is 11.7. The first kappa shape index (κ1) is 15.6. The Morgan fingerprint density at radius 3 is 2.96 bits per heavy atom. The number of fused-ring (bicyclic) bond motifs is 1. The lowest BCUT2D eigenvalue weighted by molar-refractivity contribution is -0.144. The van der Waals surface area contributed by atoms with E-state index in [0.29, 0.717) is 26.2 Å². The maximum atomic E-state index is 12.8. The van der Waals surface area contributed by atoms with Gasteiger partial charge in [-0.3, -0.25) is 14.6 Å². The molecule has 1 aromatic heterocycles. The van der Waals surface area contributed by atoms with Crippen LogP contribution >= 0.6 is 0 Å². The van der Waals surface area contributed by atoms with E-state index in [0.717, 1.165) is 31.4 Å². The number of likely N-dealkylation sites (tertiary alicyclic amines) is 2. The molecule has 4 rings (SSSR count). The fraction of sp³-hybridized carbons (Fsp3) is 0.611. The van der Waals surface area contributed by atoms with Crippen molar-refractivity contribution in [2.75, 3.05) is 19.8 Å². The van der Waals surface area contributed by atoms with Gasteiger partial charge in [0.25, 0.3) is 0 Å². The lowest BCUT2D eigenvalue weighted by atomic mass is 9.95. The summed E-state index contributed by atoms with van der Waals surface area (Å²) in [4.78, 5) is 33.4. The largest absolute Gasteiger partial charge is 0.381 e. The minimum Gasteiger partial charge on any atom is -0.381 e. The summed E-state index contributed by atoms with van der Waals surface area (Å²) in [5, 5.41) is 0. The van der Waals surface area contributed by atoms with E-state index >= 15 is 0 Å². The Bertz CT molecular complexity index is 615. The van der Waals surface area contributed by atoms with E-state index in [4.69, 9.17) is 4.74 Å². The van der Waals surface area contributed by atoms with Crippen LogP contribution in [0.2, 0.25) is 0 Å². The summed E-state index contributed by atoms with van der Waals surface area (Å²) < 4.78 is 5.37. The molecule has 0 N–H and O–H groups in total. The molecule has 128 valence electrons. The van der Waals surface area contributed by atoms with Crippen LogP contribution in [0.3, 0.4) is 0 Å². The van der Waals surface area contributed by atoms with E-state index in [-0.39, 0.29) is 29.8 Å². The molecular weight excluding hydrogens is 306 g/mol. The summed E-state index contributed by atoms with van der Waals surface area (Å²) in [6, 6.07) is 4.19. The monoisotopic (exact) mass is 329 g/mol. The summed E-state index contributed by atoms with van der Waals surface area (Å²) in [6.45, 7) is 2.57. The van der Waals surface area contributed by atoms with Crippen molar-refractivity contribution in [1.29, 1.82) is 0 Å². The molecule has 6 nitrogen and oxygen atoms in total. The molecule has 3 aliphatic heterocycles. The molecule has 1 unspecified atom stereocenters. The minimum atomic E-state index is 0.00755. The van der Waals surface area contributed by atoms with Crippen LogP contribution in [0, 0.1) is 5.92 Å². The molecule has 0 radical (unpaired) electrons. The van der Waals surface area contributed by atoms with E-state index < -0.39 is 0 Å². The SMILES string of the molecule is O=C1CC[C@@H]2[C@@H](CCN2C(=O)C2CCOC2)N1Cc1cccnc1. The zero-order valence-electron chi connectivity index (χ0n) is 13.8. The van der Waals surface area contributed by atoms with Crippen LogP contribution in [0.1, 0.15) is 31.2 Å². The van der Waals surface area contributed by atoms with Crippen molar-refractivity contribution in [2.45, 2.75) is 44.3 Å². The van der Waals surface area contributed by atoms with Crippen LogP contribution in [0.25, 0.3) is 0 Å². The van der Waals surface area contributed by atoms with Crippen LogP contribution < -0.4 is 0 Å². The zero-order chi connectivity index (χ0) is 16.5. The molecule has 2 amide bonds. The predicted molar refractivity (Wildman–Crippen MR) is 86.9 cm³/mol. The lowest BCUT2D eigenvalue weighted by Gasteiger charge is -2.40. The van der Waals surface area contributed by atoms with Gasteiger partial charge in [0.1, 0.15) is 0 Å². The number of carbonyl (C=O) groups excluding carboxylic acids is 2. The Balaban J connectivity index is 1.49. The summed E-state index contributed by atoms with van der Waals surface area (Å²) in [5.74, 6) is 0.419. The van der Waals surface area contributed by atoms with Crippen molar-refractivity contribution < 1.29 is 14.3 Å². The quantitative estimate of drug-likeness (QED) is 0.836. The molecule has 0 aliphatic carbocycles. The fourth-order valence-electron chi connectivity index (χ4n) is 4.28. The number of ether oxygens (including phenoxy) is 1. The van der Waals surface area contributed by atoms with E-state index in [2.05, 4.69) is 4.98 Å². The second-order valence-corrected chi connectivity index (χ2v) is 6.94. The number of piperidine rings is 1. The number of hydrogen-bond donors (Lipinski definition) is 0. The highest BCUT2D eigenvalue weighted by atomic mass is 16.5. The van der Waals surface area contributed by atoms with E-state index in [1.165, 1.54) is 0 Å². The fourth-order valence-corrected chi connectivity index (χ4v) is 4.28. The van der Waals surface area contributed by atoms with Gasteiger partial charge in [-0.1, -0.05) is 6.07 Å². The number of rotatable bonds is 3. The van der Waals surface area contributed by atoms with Crippen molar-refractivity contribution in [3.8, 4) is 0 Å². The number of amides is 2. The highest BCUT2D eigenvalue weighted by Crippen LogP contribution is 2.34. The molecule has 0 bridgehead atoms. The third-order valence-electron chi connectivity index (χ3n) is 5.52. The molecule has 6 heteroatoms. The molecular formula is C18H23N3O3. The Hall–Kier alpha value is -1.95. The average molecular weight is 329 g/mol. The molecule has 0 spiro atoms. The number of carbonyl (C=O) groups is 2. The predicted octanol–water partition coefficient (Wildman–Crippen LogP) is 1.21. The minimum absolute atomic E-state index is 0.00755. The van der Waals surface area contributed by atoms with Gasteiger partial charge in [0.05, 0.1) is 24.6 Å². The van der Waals surface area contributed by atoms with Gasteiger partial charge in [0.2, 0.25) is 11.8 Å². The van der Waals surface area contributed by atoms with Crippen molar-refractivity contribution in [1.82, 2.24) is 14.8 Å². The Labute approximate surface area is 141 Å². The Kier molecular flexibility index (Phi) is 4.22. The molecule has 3 atom stereocenters. The smallest absolute Gasteiger partial charge is 0.228 e. The molecule has 3 fully saturated rings. The normalized spacial score (nSPS) is 29.8. The highest BCUT2D eigenvalue weighted by molar-refractivity contribution is 5.82. The van der Waals surface area contributed by atoms with Gasteiger partial charge in [0, 0.05) is 38.5 Å². The third kappa shape index (κ3) is 2.79. The van der Waals surface area contributed by atoms with Crippen LogP contribution in [-0.2, 0) is 20.9 Å². The maximum absolute atomic E-state index is 12.8. The highest BCUT2D eigenvalue weighted by Gasteiger charge is 2.46. The van der Waals surface area contributed by atoms with Gasteiger partial charge in [-0.2, -0.15) is 0 Å².